The van der Waals surface area contributed by atoms with E-state index in [1.54, 1.807) is 6.33 Å². The van der Waals surface area contributed by atoms with Crippen LogP contribution in [0.3, 0.4) is 0 Å². The maximum absolute atomic E-state index is 4.95. The summed E-state index contributed by atoms with van der Waals surface area (Å²) in [6.45, 7) is 15.1. The first kappa shape index (κ1) is 22.7. The Bertz CT molecular complexity index is 1290. The number of benzene rings is 3. The number of aromatic nitrogens is 3. The molecule has 0 fully saturated rings. The molecule has 0 aliphatic carbocycles. The van der Waals surface area contributed by atoms with E-state index >= 15 is 0 Å². The van der Waals surface area contributed by atoms with Gasteiger partial charge in [0.25, 0.3) is 0 Å². The monoisotopic (exact) mass is 436 g/mol. The average Bonchev–Trinajstić information content (AvgIpc) is 2.79. The minimum absolute atomic E-state index is 0.727. The van der Waals surface area contributed by atoms with Crippen LogP contribution in [-0.2, 0) is 0 Å². The molecule has 0 N–H and O–H groups in total. The normalized spacial score (nSPS) is 11.0. The van der Waals surface area contributed by atoms with E-state index in [1.165, 1.54) is 50.3 Å². The summed E-state index contributed by atoms with van der Waals surface area (Å²) < 4.78 is 0. The van der Waals surface area contributed by atoms with Gasteiger partial charge in [0.15, 0.2) is 11.6 Å². The molecule has 4 nitrogen and oxygen atoms in total. The van der Waals surface area contributed by atoms with Crippen molar-refractivity contribution in [2.75, 3.05) is 11.9 Å². The summed E-state index contributed by atoms with van der Waals surface area (Å²) in [7, 11) is 2.14. The van der Waals surface area contributed by atoms with Gasteiger partial charge in [0, 0.05) is 29.5 Å². The van der Waals surface area contributed by atoms with Gasteiger partial charge in [-0.2, -0.15) is 0 Å². The summed E-state index contributed by atoms with van der Waals surface area (Å²) in [6, 6.07) is 14.9. The minimum atomic E-state index is 0.727. The van der Waals surface area contributed by atoms with E-state index in [-0.39, 0.29) is 0 Å². The highest BCUT2D eigenvalue weighted by Crippen LogP contribution is 2.39. The zero-order valence-electron chi connectivity index (χ0n) is 20.9. The summed E-state index contributed by atoms with van der Waals surface area (Å²) in [5.41, 5.74) is 13.1. The third kappa shape index (κ3) is 4.02. The summed E-state index contributed by atoms with van der Waals surface area (Å²) in [5, 5.41) is 0. The third-order valence-electron chi connectivity index (χ3n) is 6.84. The van der Waals surface area contributed by atoms with E-state index < -0.39 is 0 Å². The first-order valence-electron chi connectivity index (χ1n) is 11.4. The fraction of sp³-hybridized carbons (Fsp3) is 0.276. The van der Waals surface area contributed by atoms with Gasteiger partial charge in [0.05, 0.1) is 0 Å². The fourth-order valence-electron chi connectivity index (χ4n) is 4.73. The lowest BCUT2D eigenvalue weighted by atomic mass is 9.90. The third-order valence-corrected chi connectivity index (χ3v) is 6.84. The van der Waals surface area contributed by atoms with Crippen LogP contribution in [0.15, 0.2) is 48.8 Å². The second-order valence-electron chi connectivity index (χ2n) is 9.02. The number of aryl methyl sites for hydroxylation is 3. The van der Waals surface area contributed by atoms with Crippen LogP contribution in [0.1, 0.15) is 38.9 Å². The van der Waals surface area contributed by atoms with E-state index in [9.17, 15) is 0 Å². The lowest BCUT2D eigenvalue weighted by molar-refractivity contribution is 1.04. The molecule has 4 aromatic rings. The molecule has 0 aliphatic rings. The Labute approximate surface area is 197 Å². The standard InChI is InChI=1S/C29H32N4/c1-17-12-14-24(15-13-17)33(8)27-22(6)20(4)26(21(5)23(27)7)29-31-16-30-28(32-29)25-18(2)10-9-11-19(25)3/h9-16H,1-8H3. The molecule has 0 amide bonds. The van der Waals surface area contributed by atoms with Gasteiger partial charge in [0.2, 0.25) is 0 Å². The highest BCUT2D eigenvalue weighted by atomic mass is 15.1. The van der Waals surface area contributed by atoms with Gasteiger partial charge >= 0.3 is 0 Å². The number of rotatable bonds is 4. The van der Waals surface area contributed by atoms with Crippen LogP contribution < -0.4 is 4.90 Å². The molecule has 4 rings (SSSR count). The maximum Gasteiger partial charge on any atom is 0.163 e. The molecule has 0 saturated heterocycles. The van der Waals surface area contributed by atoms with Crippen molar-refractivity contribution in [3.05, 3.63) is 87.7 Å². The highest BCUT2D eigenvalue weighted by Gasteiger charge is 2.21. The maximum atomic E-state index is 4.95. The average molecular weight is 437 g/mol. The van der Waals surface area contributed by atoms with Crippen molar-refractivity contribution in [1.82, 2.24) is 15.0 Å². The van der Waals surface area contributed by atoms with Gasteiger partial charge < -0.3 is 4.90 Å². The molecule has 3 aromatic carbocycles. The number of hydrogen-bond donors (Lipinski definition) is 0. The molecule has 0 unspecified atom stereocenters. The lowest BCUT2D eigenvalue weighted by Gasteiger charge is -2.28. The smallest absolute Gasteiger partial charge is 0.163 e. The van der Waals surface area contributed by atoms with Crippen LogP contribution >= 0.6 is 0 Å². The fourth-order valence-corrected chi connectivity index (χ4v) is 4.73. The molecular weight excluding hydrogens is 404 g/mol. The predicted octanol–water partition coefficient (Wildman–Crippen LogP) is 7.13. The quantitative estimate of drug-likeness (QED) is 0.341. The van der Waals surface area contributed by atoms with Gasteiger partial charge in [-0.05, 0) is 94.0 Å². The van der Waals surface area contributed by atoms with Crippen LogP contribution in [0.2, 0.25) is 0 Å². The van der Waals surface area contributed by atoms with Crippen LogP contribution in [0.25, 0.3) is 22.8 Å². The molecule has 1 heterocycles. The van der Waals surface area contributed by atoms with E-state index in [4.69, 9.17) is 4.98 Å². The molecule has 0 bridgehead atoms. The van der Waals surface area contributed by atoms with Crippen molar-refractivity contribution in [2.24, 2.45) is 0 Å². The first-order valence-corrected chi connectivity index (χ1v) is 11.4. The van der Waals surface area contributed by atoms with E-state index in [1.807, 2.05) is 0 Å². The molecule has 0 aliphatic heterocycles. The Kier molecular flexibility index (Phi) is 6.03. The SMILES string of the molecule is Cc1ccc(N(C)c2c(C)c(C)c(-c3ncnc(-c4c(C)cccc4C)n3)c(C)c2C)cc1. The Morgan fingerprint density at radius 1 is 0.606 bits per heavy atom. The van der Waals surface area contributed by atoms with Crippen molar-refractivity contribution in [3.63, 3.8) is 0 Å². The molecule has 33 heavy (non-hydrogen) atoms. The van der Waals surface area contributed by atoms with Gasteiger partial charge in [0.1, 0.15) is 6.33 Å². The Morgan fingerprint density at radius 2 is 1.12 bits per heavy atom. The number of anilines is 2. The second-order valence-corrected chi connectivity index (χ2v) is 9.02. The van der Waals surface area contributed by atoms with Crippen molar-refractivity contribution < 1.29 is 0 Å². The molecule has 0 radical (unpaired) electrons. The van der Waals surface area contributed by atoms with Gasteiger partial charge in [-0.25, -0.2) is 15.0 Å². The molecule has 0 spiro atoms. The topological polar surface area (TPSA) is 41.9 Å². The van der Waals surface area contributed by atoms with E-state index in [0.29, 0.717) is 0 Å². The summed E-state index contributed by atoms with van der Waals surface area (Å²) in [4.78, 5) is 16.4. The van der Waals surface area contributed by atoms with Crippen LogP contribution in [0.4, 0.5) is 11.4 Å². The Balaban J connectivity index is 1.86. The molecule has 0 saturated carbocycles. The minimum Gasteiger partial charge on any atom is -0.344 e. The van der Waals surface area contributed by atoms with Crippen LogP contribution in [0, 0.1) is 48.5 Å². The number of hydrogen-bond acceptors (Lipinski definition) is 4. The highest BCUT2D eigenvalue weighted by molar-refractivity contribution is 5.80. The van der Waals surface area contributed by atoms with Gasteiger partial charge in [-0.15, -0.1) is 0 Å². The zero-order chi connectivity index (χ0) is 23.9. The molecule has 1 aromatic heterocycles. The van der Waals surface area contributed by atoms with Crippen molar-refractivity contribution >= 4 is 11.4 Å². The van der Waals surface area contributed by atoms with Crippen molar-refractivity contribution in [1.29, 1.82) is 0 Å². The van der Waals surface area contributed by atoms with Crippen molar-refractivity contribution in [2.45, 2.75) is 48.5 Å². The predicted molar refractivity (Wildman–Crippen MR) is 138 cm³/mol. The molecule has 4 heteroatoms. The van der Waals surface area contributed by atoms with Crippen molar-refractivity contribution in [3.8, 4) is 22.8 Å². The van der Waals surface area contributed by atoms with E-state index in [2.05, 4.69) is 113 Å². The Morgan fingerprint density at radius 3 is 1.67 bits per heavy atom. The first-order chi connectivity index (χ1) is 15.7. The lowest BCUT2D eigenvalue weighted by Crippen LogP contribution is -2.15. The zero-order valence-corrected chi connectivity index (χ0v) is 20.9. The van der Waals surface area contributed by atoms with Gasteiger partial charge in [-0.1, -0.05) is 35.9 Å². The van der Waals surface area contributed by atoms with E-state index in [0.717, 1.165) is 22.8 Å². The molecular formula is C29H32N4. The largest absolute Gasteiger partial charge is 0.344 e. The molecule has 168 valence electrons. The summed E-state index contributed by atoms with van der Waals surface area (Å²) in [5.74, 6) is 1.46. The second kappa shape index (κ2) is 8.78. The number of nitrogens with zero attached hydrogens (tertiary/aromatic N) is 4. The summed E-state index contributed by atoms with van der Waals surface area (Å²) >= 11 is 0. The van der Waals surface area contributed by atoms with Crippen LogP contribution in [-0.4, -0.2) is 22.0 Å². The summed E-state index contributed by atoms with van der Waals surface area (Å²) in [6.07, 6.45) is 1.64. The molecule has 0 atom stereocenters. The van der Waals surface area contributed by atoms with Gasteiger partial charge in [-0.3, -0.25) is 0 Å². The Hall–Kier alpha value is -3.53. The van der Waals surface area contributed by atoms with Crippen LogP contribution in [0.5, 0.6) is 0 Å².